The Morgan fingerprint density at radius 2 is 2.00 bits per heavy atom. The molecule has 2 rings (SSSR count). The van der Waals surface area contributed by atoms with Gasteiger partial charge in [0.1, 0.15) is 11.8 Å². The Labute approximate surface area is 141 Å². The van der Waals surface area contributed by atoms with Gasteiger partial charge in [-0.15, -0.1) is 0 Å². The van der Waals surface area contributed by atoms with Crippen LogP contribution < -0.4 is 0 Å². The van der Waals surface area contributed by atoms with Crippen LogP contribution in [0.1, 0.15) is 43.5 Å². The lowest BCUT2D eigenvalue weighted by Crippen LogP contribution is -2.16. The number of hydrogen-bond acceptors (Lipinski definition) is 2. The van der Waals surface area contributed by atoms with E-state index >= 15 is 0 Å². The van der Waals surface area contributed by atoms with Crippen LogP contribution in [0, 0.1) is 27.7 Å². The van der Waals surface area contributed by atoms with E-state index in [0.717, 1.165) is 24.6 Å². The smallest absolute Gasteiger partial charge is 0.209 e. The molecule has 1 fully saturated rings. The molecule has 5 heteroatoms. The summed E-state index contributed by atoms with van der Waals surface area (Å²) >= 11 is 2.32. The second-order valence-corrected chi connectivity index (χ2v) is 6.92. The van der Waals surface area contributed by atoms with Gasteiger partial charge < -0.3 is 9.47 Å². The maximum absolute atomic E-state index is 9.43. The molecule has 0 aromatic carbocycles. The van der Waals surface area contributed by atoms with Crippen molar-refractivity contribution in [3.05, 3.63) is 21.0 Å². The van der Waals surface area contributed by atoms with Crippen molar-refractivity contribution in [2.45, 2.75) is 45.6 Å². The number of halogens is 1. The summed E-state index contributed by atoms with van der Waals surface area (Å²) in [6.45, 7) is 3.16. The average Bonchev–Trinajstić information content (AvgIpc) is 2.76. The van der Waals surface area contributed by atoms with Gasteiger partial charge in [0.2, 0.25) is 6.41 Å². The summed E-state index contributed by atoms with van der Waals surface area (Å²) in [7, 11) is 3.38. The molecule has 4 nitrogen and oxygen atoms in total. The van der Waals surface area contributed by atoms with E-state index in [0.29, 0.717) is 0 Å². The number of nitrogens with zero attached hydrogens (tertiary/aromatic N) is 3. The van der Waals surface area contributed by atoms with Crippen LogP contribution in [0.5, 0.6) is 0 Å². The molecule has 0 radical (unpaired) electrons. The van der Waals surface area contributed by atoms with E-state index in [2.05, 4.69) is 40.2 Å². The van der Waals surface area contributed by atoms with Crippen molar-refractivity contribution >= 4 is 29.0 Å². The molecule has 1 aromatic rings. The quantitative estimate of drug-likeness (QED) is 0.575. The summed E-state index contributed by atoms with van der Waals surface area (Å²) < 4.78 is 3.42. The summed E-state index contributed by atoms with van der Waals surface area (Å²) in [5.41, 5.74) is 2.08. The first-order valence-corrected chi connectivity index (χ1v) is 8.45. The minimum atomic E-state index is 0.750. The first-order chi connectivity index (χ1) is 9.99. The first-order valence-electron chi connectivity index (χ1n) is 7.37. The normalized spacial score (nSPS) is 14.8. The molecule has 1 saturated carbocycles. The zero-order valence-electron chi connectivity index (χ0n) is 13.1. The van der Waals surface area contributed by atoms with Gasteiger partial charge in [0.15, 0.2) is 0 Å². The third-order valence-corrected chi connectivity index (χ3v) is 4.89. The Morgan fingerprint density at radius 3 is 2.48 bits per heavy atom. The minimum Gasteiger partial charge on any atom is -0.351 e. The second-order valence-electron chi connectivity index (χ2n) is 5.76. The van der Waals surface area contributed by atoms with Crippen LogP contribution >= 0.6 is 22.6 Å². The van der Waals surface area contributed by atoms with Crippen LogP contribution in [-0.4, -0.2) is 30.0 Å². The fourth-order valence-electron chi connectivity index (χ4n) is 2.57. The number of amides is 1. The van der Waals surface area contributed by atoms with Crippen LogP contribution in [-0.2, 0) is 11.3 Å². The van der Waals surface area contributed by atoms with Gasteiger partial charge in [0, 0.05) is 29.9 Å². The van der Waals surface area contributed by atoms with E-state index < -0.39 is 0 Å². The highest BCUT2D eigenvalue weighted by molar-refractivity contribution is 14.1. The highest BCUT2D eigenvalue weighted by Gasteiger charge is 2.17. The third kappa shape index (κ3) is 5.70. The Hall–Kier alpha value is -1.03. The Kier molecular flexibility index (Phi) is 7.79. The standard InChI is InChI=1S/C13H17IN2.C3H7NO/c1-10-13(14)7-12(8-15)16(10)9-11-5-3-2-4-6-11;1-4(2)3-5/h7,11H,2-6,9H2,1H3;3H,1-2H3. The molecule has 21 heavy (non-hydrogen) atoms. The number of carbonyl (C=O) groups is 1. The second kappa shape index (κ2) is 9.08. The van der Waals surface area contributed by atoms with Gasteiger partial charge in [-0.2, -0.15) is 5.26 Å². The molecule has 0 spiro atoms. The van der Waals surface area contributed by atoms with Crippen molar-refractivity contribution in [2.24, 2.45) is 5.92 Å². The molecule has 0 unspecified atom stereocenters. The van der Waals surface area contributed by atoms with Crippen LogP contribution in [0.25, 0.3) is 0 Å². The number of hydrogen-bond donors (Lipinski definition) is 0. The van der Waals surface area contributed by atoms with Crippen molar-refractivity contribution in [1.82, 2.24) is 9.47 Å². The molecule has 0 bridgehead atoms. The summed E-state index contributed by atoms with van der Waals surface area (Å²) in [5.74, 6) is 0.780. The van der Waals surface area contributed by atoms with Crippen molar-refractivity contribution in [3.63, 3.8) is 0 Å². The molecular formula is C16H24IN3O. The molecule has 116 valence electrons. The van der Waals surface area contributed by atoms with E-state index in [-0.39, 0.29) is 0 Å². The molecule has 1 amide bonds. The summed E-state index contributed by atoms with van der Waals surface area (Å²) in [4.78, 5) is 10.9. The Balaban J connectivity index is 0.000000383. The number of rotatable bonds is 3. The van der Waals surface area contributed by atoms with Gasteiger partial charge in [0.05, 0.1) is 0 Å². The lowest BCUT2D eigenvalue weighted by Gasteiger charge is -2.23. The molecule has 0 aliphatic heterocycles. The van der Waals surface area contributed by atoms with Crippen molar-refractivity contribution in [1.29, 1.82) is 5.26 Å². The van der Waals surface area contributed by atoms with Gasteiger partial charge >= 0.3 is 0 Å². The molecule has 0 saturated heterocycles. The van der Waals surface area contributed by atoms with E-state index in [4.69, 9.17) is 5.26 Å². The van der Waals surface area contributed by atoms with Gasteiger partial charge in [-0.1, -0.05) is 19.3 Å². The van der Waals surface area contributed by atoms with E-state index in [9.17, 15) is 4.79 Å². The van der Waals surface area contributed by atoms with E-state index in [1.807, 2.05) is 6.07 Å². The zero-order chi connectivity index (χ0) is 15.8. The molecule has 1 aliphatic carbocycles. The third-order valence-electron chi connectivity index (χ3n) is 3.80. The lowest BCUT2D eigenvalue weighted by atomic mass is 9.89. The largest absolute Gasteiger partial charge is 0.351 e. The van der Waals surface area contributed by atoms with Crippen LogP contribution in [0.15, 0.2) is 6.07 Å². The van der Waals surface area contributed by atoms with Gasteiger partial charge in [0.25, 0.3) is 0 Å². The van der Waals surface area contributed by atoms with Crippen LogP contribution in [0.3, 0.4) is 0 Å². The zero-order valence-corrected chi connectivity index (χ0v) is 15.3. The fourth-order valence-corrected chi connectivity index (χ4v) is 3.15. The number of carbonyl (C=O) groups excluding carboxylic acids is 1. The Morgan fingerprint density at radius 1 is 1.43 bits per heavy atom. The molecular weight excluding hydrogens is 377 g/mol. The highest BCUT2D eigenvalue weighted by atomic mass is 127. The molecule has 1 heterocycles. The maximum atomic E-state index is 9.43. The van der Waals surface area contributed by atoms with E-state index in [1.54, 1.807) is 14.1 Å². The number of nitriles is 1. The first kappa shape index (κ1) is 18.0. The minimum absolute atomic E-state index is 0.750. The lowest BCUT2D eigenvalue weighted by molar-refractivity contribution is -0.115. The average molecular weight is 401 g/mol. The van der Waals surface area contributed by atoms with Gasteiger partial charge in [-0.25, -0.2) is 0 Å². The SMILES string of the molecule is CN(C)C=O.Cc1c(I)cc(C#N)n1CC1CCCCC1. The summed E-state index contributed by atoms with van der Waals surface area (Å²) in [6.07, 6.45) is 7.54. The van der Waals surface area contributed by atoms with Crippen molar-refractivity contribution in [3.8, 4) is 6.07 Å². The molecule has 0 atom stereocenters. The topological polar surface area (TPSA) is 49.0 Å². The molecule has 0 N–H and O–H groups in total. The summed E-state index contributed by atoms with van der Waals surface area (Å²) in [6, 6.07) is 4.30. The van der Waals surface area contributed by atoms with Crippen LogP contribution in [0.2, 0.25) is 0 Å². The predicted octanol–water partition coefficient (Wildman–Crippen LogP) is 3.56. The van der Waals surface area contributed by atoms with Gasteiger partial charge in [-0.05, 0) is 54.3 Å². The summed E-state index contributed by atoms with van der Waals surface area (Å²) in [5, 5.41) is 9.11. The van der Waals surface area contributed by atoms with Crippen molar-refractivity contribution in [2.75, 3.05) is 14.1 Å². The fraction of sp³-hybridized carbons (Fsp3) is 0.625. The Bertz CT molecular complexity index is 496. The molecule has 1 aliphatic rings. The van der Waals surface area contributed by atoms with Crippen molar-refractivity contribution < 1.29 is 4.79 Å². The molecule has 1 aromatic heterocycles. The maximum Gasteiger partial charge on any atom is 0.209 e. The monoisotopic (exact) mass is 401 g/mol. The predicted molar refractivity (Wildman–Crippen MR) is 92.9 cm³/mol. The number of aromatic nitrogens is 1. The van der Waals surface area contributed by atoms with Crippen LogP contribution in [0.4, 0.5) is 0 Å². The van der Waals surface area contributed by atoms with Gasteiger partial charge in [-0.3, -0.25) is 4.79 Å². The van der Waals surface area contributed by atoms with E-state index in [1.165, 1.54) is 46.3 Å². The highest BCUT2D eigenvalue weighted by Crippen LogP contribution is 2.27.